The van der Waals surface area contributed by atoms with Crippen LogP contribution >= 0.6 is 11.3 Å². The summed E-state index contributed by atoms with van der Waals surface area (Å²) >= 11 is 1.17. The first-order valence-corrected chi connectivity index (χ1v) is 11.8. The molecule has 3 aromatic rings. The normalized spacial score (nSPS) is 24.3. The molecular weight excluding hydrogens is 429 g/mol. The average Bonchev–Trinajstić information content (AvgIpc) is 3.31. The predicted molar refractivity (Wildman–Crippen MR) is 123 cm³/mol. The highest BCUT2D eigenvalue weighted by Crippen LogP contribution is 2.34. The number of rotatable bonds is 3. The van der Waals surface area contributed by atoms with Crippen LogP contribution in [0.1, 0.15) is 28.1 Å². The van der Waals surface area contributed by atoms with Crippen LogP contribution in [-0.4, -0.2) is 48.7 Å². The van der Waals surface area contributed by atoms with Gasteiger partial charge in [0.15, 0.2) is 0 Å². The highest BCUT2D eigenvalue weighted by molar-refractivity contribution is 7.21. The molecule has 1 aromatic carbocycles. The first-order chi connectivity index (χ1) is 15.5. The lowest BCUT2D eigenvalue weighted by molar-refractivity contribution is 0.0920. The molecule has 7 nitrogen and oxygen atoms in total. The monoisotopic (exact) mass is 453 g/mol. The van der Waals surface area contributed by atoms with Crippen LogP contribution in [0.25, 0.3) is 10.2 Å². The van der Waals surface area contributed by atoms with Gasteiger partial charge in [-0.2, -0.15) is 0 Å². The molecule has 0 spiro atoms. The zero-order valence-corrected chi connectivity index (χ0v) is 18.3. The molecule has 4 N–H and O–H groups in total. The molecule has 9 heteroatoms. The zero-order chi connectivity index (χ0) is 21.8. The molecule has 32 heavy (non-hydrogen) atoms. The van der Waals surface area contributed by atoms with Gasteiger partial charge < -0.3 is 26.0 Å². The third-order valence-electron chi connectivity index (χ3n) is 6.63. The standard InChI is InChI=1S/C23H24FN5O2S/c24-13-6-18-20(25)21(32-23(18)26-8-13)22(30)28-16-5-12-1-4-17(7-19(12)31-11-16)29-9-14-2-3-15(10-29)27-14/h1,4,6-8,14-16,27H,2-3,5,9-11,25H2,(H,28,30)/t14?,15?,16-/m0/s1. The van der Waals surface area contributed by atoms with E-state index in [1.54, 1.807) is 0 Å². The molecule has 0 saturated carbocycles. The SMILES string of the molecule is Nc1c(C(=O)N[C@@H]2COc3cc(N4CC5CCC(C4)N5)ccc3C2)sc2ncc(F)cc12. The van der Waals surface area contributed by atoms with Gasteiger partial charge in [-0.15, -0.1) is 11.3 Å². The number of pyridine rings is 1. The van der Waals surface area contributed by atoms with Gasteiger partial charge >= 0.3 is 0 Å². The summed E-state index contributed by atoms with van der Waals surface area (Å²) in [5.74, 6) is 0.134. The van der Waals surface area contributed by atoms with Gasteiger partial charge in [-0.25, -0.2) is 9.37 Å². The number of anilines is 2. The lowest BCUT2D eigenvalue weighted by atomic mass is 10.0. The van der Waals surface area contributed by atoms with E-state index in [4.69, 9.17) is 10.5 Å². The number of nitrogens with one attached hydrogen (secondary N) is 2. The van der Waals surface area contributed by atoms with E-state index in [2.05, 4.69) is 38.7 Å². The van der Waals surface area contributed by atoms with Crippen molar-refractivity contribution >= 4 is 38.8 Å². The van der Waals surface area contributed by atoms with Crippen LogP contribution in [0.4, 0.5) is 15.8 Å². The Morgan fingerprint density at radius 1 is 1.28 bits per heavy atom. The minimum absolute atomic E-state index is 0.162. The quantitative estimate of drug-likeness (QED) is 0.565. The maximum Gasteiger partial charge on any atom is 0.263 e. The molecule has 2 unspecified atom stereocenters. The van der Waals surface area contributed by atoms with Crippen molar-refractivity contribution in [2.24, 2.45) is 0 Å². The number of amides is 1. The maximum atomic E-state index is 13.5. The number of ether oxygens (including phenoxy) is 1. The highest BCUT2D eigenvalue weighted by atomic mass is 32.1. The number of fused-ring (bicyclic) bond motifs is 4. The fourth-order valence-electron chi connectivity index (χ4n) is 5.05. The van der Waals surface area contributed by atoms with Crippen LogP contribution in [0.15, 0.2) is 30.5 Å². The lowest BCUT2D eigenvalue weighted by Gasteiger charge is -2.35. The van der Waals surface area contributed by atoms with Crippen LogP contribution in [0.5, 0.6) is 5.75 Å². The molecule has 0 aliphatic carbocycles. The Morgan fingerprint density at radius 3 is 2.91 bits per heavy atom. The predicted octanol–water partition coefficient (Wildman–Crippen LogP) is 2.69. The smallest absolute Gasteiger partial charge is 0.263 e. The Balaban J connectivity index is 1.16. The molecular formula is C23H24FN5O2S. The number of carbonyl (C=O) groups excluding carboxylic acids is 1. The van der Waals surface area contributed by atoms with E-state index in [1.807, 2.05) is 0 Å². The molecule has 2 saturated heterocycles. The van der Waals surface area contributed by atoms with E-state index in [0.29, 0.717) is 40.2 Å². The van der Waals surface area contributed by atoms with Crippen LogP contribution < -0.4 is 26.0 Å². The summed E-state index contributed by atoms with van der Waals surface area (Å²) in [6, 6.07) is 8.70. The van der Waals surface area contributed by atoms with Crippen molar-refractivity contribution in [1.29, 1.82) is 0 Å². The largest absolute Gasteiger partial charge is 0.491 e. The van der Waals surface area contributed by atoms with Crippen molar-refractivity contribution in [2.75, 3.05) is 30.3 Å². The molecule has 6 rings (SSSR count). The Bertz CT molecular complexity index is 1200. The molecule has 1 amide bonds. The van der Waals surface area contributed by atoms with E-state index in [1.165, 1.54) is 35.9 Å². The van der Waals surface area contributed by atoms with Gasteiger partial charge in [0.1, 0.15) is 27.9 Å². The lowest BCUT2D eigenvalue weighted by Crippen LogP contribution is -2.51. The summed E-state index contributed by atoms with van der Waals surface area (Å²) in [5, 5.41) is 7.15. The van der Waals surface area contributed by atoms with Crippen LogP contribution in [-0.2, 0) is 6.42 Å². The number of hydrogen-bond acceptors (Lipinski definition) is 7. The summed E-state index contributed by atoms with van der Waals surface area (Å²) in [6.07, 6.45) is 4.32. The van der Waals surface area contributed by atoms with E-state index in [9.17, 15) is 9.18 Å². The number of halogens is 1. The van der Waals surface area contributed by atoms with E-state index in [0.717, 1.165) is 30.6 Å². The Labute approximate surface area is 188 Å². The molecule has 2 fully saturated rings. The first-order valence-electron chi connectivity index (χ1n) is 10.9. The summed E-state index contributed by atoms with van der Waals surface area (Å²) in [5.41, 5.74) is 8.65. The van der Waals surface area contributed by atoms with Crippen LogP contribution in [0, 0.1) is 5.82 Å². The van der Waals surface area contributed by atoms with Gasteiger partial charge in [-0.3, -0.25) is 4.79 Å². The average molecular weight is 454 g/mol. The zero-order valence-electron chi connectivity index (χ0n) is 17.4. The highest BCUT2D eigenvalue weighted by Gasteiger charge is 2.33. The number of hydrogen-bond donors (Lipinski definition) is 3. The Hall–Kier alpha value is -2.91. The Kier molecular flexibility index (Phi) is 4.69. The molecule has 2 bridgehead atoms. The fourth-order valence-corrected chi connectivity index (χ4v) is 6.00. The maximum absolute atomic E-state index is 13.5. The topological polar surface area (TPSA) is 92.5 Å². The number of aromatic nitrogens is 1. The second-order valence-corrected chi connectivity index (χ2v) is 9.87. The second-order valence-electron chi connectivity index (χ2n) is 8.87. The molecule has 3 aliphatic rings. The molecule has 0 radical (unpaired) electrons. The first kappa shape index (κ1) is 19.8. The van der Waals surface area contributed by atoms with Gasteiger partial charge in [0.25, 0.3) is 5.91 Å². The van der Waals surface area contributed by atoms with Gasteiger partial charge in [0.05, 0.1) is 17.9 Å². The van der Waals surface area contributed by atoms with Gasteiger partial charge in [0, 0.05) is 42.3 Å². The molecule has 3 atom stereocenters. The van der Waals surface area contributed by atoms with Gasteiger partial charge in [0.2, 0.25) is 0 Å². The third kappa shape index (κ3) is 3.45. The fraction of sp³-hybridized carbons (Fsp3) is 0.391. The number of nitrogens with zero attached hydrogens (tertiary/aromatic N) is 2. The minimum Gasteiger partial charge on any atom is -0.491 e. The van der Waals surface area contributed by atoms with Crippen molar-refractivity contribution < 1.29 is 13.9 Å². The molecule has 3 aliphatic heterocycles. The van der Waals surface area contributed by atoms with Crippen molar-refractivity contribution in [3.63, 3.8) is 0 Å². The minimum atomic E-state index is -0.473. The Morgan fingerprint density at radius 2 is 2.09 bits per heavy atom. The second kappa shape index (κ2) is 7.60. The van der Waals surface area contributed by atoms with Gasteiger partial charge in [-0.1, -0.05) is 6.07 Å². The van der Waals surface area contributed by atoms with Crippen LogP contribution in [0.3, 0.4) is 0 Å². The molecule has 166 valence electrons. The summed E-state index contributed by atoms with van der Waals surface area (Å²) < 4.78 is 19.5. The van der Waals surface area contributed by atoms with Gasteiger partial charge in [-0.05, 0) is 37.0 Å². The number of benzene rings is 1. The van der Waals surface area contributed by atoms with E-state index < -0.39 is 5.82 Å². The number of nitrogen functional groups attached to an aromatic ring is 1. The summed E-state index contributed by atoms with van der Waals surface area (Å²) in [4.78, 5) is 20.2. The van der Waals surface area contributed by atoms with E-state index in [-0.39, 0.29) is 17.6 Å². The van der Waals surface area contributed by atoms with Crippen molar-refractivity contribution in [1.82, 2.24) is 15.6 Å². The molecule has 2 aromatic heterocycles. The number of carbonyl (C=O) groups is 1. The van der Waals surface area contributed by atoms with Crippen LogP contribution in [0.2, 0.25) is 0 Å². The number of thiophene rings is 1. The third-order valence-corrected chi connectivity index (χ3v) is 7.76. The van der Waals surface area contributed by atoms with Crippen molar-refractivity contribution in [3.05, 3.63) is 46.7 Å². The molecule has 5 heterocycles. The summed E-state index contributed by atoms with van der Waals surface area (Å²) in [6.45, 7) is 2.46. The van der Waals surface area contributed by atoms with E-state index >= 15 is 0 Å². The number of piperazine rings is 1. The van der Waals surface area contributed by atoms with Crippen molar-refractivity contribution in [2.45, 2.75) is 37.4 Å². The van der Waals surface area contributed by atoms with Crippen molar-refractivity contribution in [3.8, 4) is 5.75 Å². The summed E-state index contributed by atoms with van der Waals surface area (Å²) in [7, 11) is 0. The number of nitrogens with two attached hydrogens (primary N) is 1.